The second-order valence-corrected chi connectivity index (χ2v) is 11.5. The summed E-state index contributed by atoms with van der Waals surface area (Å²) in [5.41, 5.74) is 0.0898. The average molecular weight is 593 g/mol. The predicted molar refractivity (Wildman–Crippen MR) is 157 cm³/mol. The first-order chi connectivity index (χ1) is 19.6. The van der Waals surface area contributed by atoms with Crippen LogP contribution in [0.4, 0.5) is 9.59 Å². The highest BCUT2D eigenvalue weighted by Gasteiger charge is 2.38. The second-order valence-electron chi connectivity index (χ2n) is 11.5. The Morgan fingerprint density at radius 1 is 0.881 bits per heavy atom. The van der Waals surface area contributed by atoms with Crippen LogP contribution in [0.1, 0.15) is 66.4 Å². The molecule has 1 aromatic carbocycles. The first kappa shape index (κ1) is 36.2. The number of nitrogens with one attached hydrogen (secondary N) is 2. The van der Waals surface area contributed by atoms with Crippen molar-refractivity contribution in [3.8, 4) is 0 Å². The van der Waals surface area contributed by atoms with E-state index in [0.29, 0.717) is 19.4 Å². The number of ether oxygens (including phenoxy) is 3. The Labute approximate surface area is 249 Å². The van der Waals surface area contributed by atoms with Crippen LogP contribution in [-0.4, -0.2) is 91.2 Å². The molecule has 0 aromatic heterocycles. The van der Waals surface area contributed by atoms with Crippen LogP contribution in [0.3, 0.4) is 0 Å². The Morgan fingerprint density at radius 2 is 1.50 bits per heavy atom. The maximum Gasteiger partial charge on any atom is 0.408 e. The topological polar surface area (TPSA) is 144 Å². The van der Waals surface area contributed by atoms with Crippen molar-refractivity contribution in [2.45, 2.75) is 91.1 Å². The molecule has 0 aliphatic carbocycles. The molecule has 2 N–H and O–H groups in total. The highest BCUT2D eigenvalue weighted by atomic mass is 16.6. The Balaban J connectivity index is 2.88. The molecule has 12 heteroatoms. The first-order valence-corrected chi connectivity index (χ1v) is 14.1. The molecule has 0 saturated heterocycles. The van der Waals surface area contributed by atoms with Crippen LogP contribution in [0.25, 0.3) is 0 Å². The Kier molecular flexibility index (Phi) is 14.8. The molecule has 0 saturated carbocycles. The largest absolute Gasteiger partial charge is 0.467 e. The number of carbonyl (C=O) groups is 5. The molecule has 0 unspecified atom stereocenters. The molecule has 0 spiro atoms. The van der Waals surface area contributed by atoms with Crippen molar-refractivity contribution in [3.05, 3.63) is 35.9 Å². The predicted octanol–water partition coefficient (Wildman–Crippen LogP) is 3.48. The van der Waals surface area contributed by atoms with Gasteiger partial charge in [0.1, 0.15) is 30.3 Å². The summed E-state index contributed by atoms with van der Waals surface area (Å²) in [7, 11) is 4.21. The van der Waals surface area contributed by atoms with E-state index >= 15 is 0 Å². The monoisotopic (exact) mass is 592 g/mol. The standard InChI is InChI=1S/C30H48N4O8/c1-20(2)24(26(36)33(7)21(3)27(37)40-9)34(8)25(35)23(32-29(39)42-30(4,5)6)17-13-14-18-31-28(38)41-19-22-15-11-10-12-16-22/h10-12,15-16,20-21,23-24H,13-14,17-19H2,1-9H3,(H,31,38)(H,32,39)/t21-,23+,24-/m1/s1. The number of nitrogens with zero attached hydrogens (tertiary/aromatic N) is 2. The van der Waals surface area contributed by atoms with Crippen LogP contribution >= 0.6 is 0 Å². The quantitative estimate of drug-likeness (QED) is 0.190. The van der Waals surface area contributed by atoms with Gasteiger partial charge in [-0.15, -0.1) is 0 Å². The van der Waals surface area contributed by atoms with Crippen LogP contribution in [0.15, 0.2) is 30.3 Å². The van der Waals surface area contributed by atoms with E-state index in [0.717, 1.165) is 5.56 Å². The van der Waals surface area contributed by atoms with Crippen molar-refractivity contribution in [2.24, 2.45) is 5.92 Å². The number of unbranched alkanes of at least 4 members (excludes halogenated alkanes) is 1. The molecule has 0 aliphatic heterocycles. The SMILES string of the molecule is COC(=O)[C@@H](C)N(C)C(=O)[C@@H](C(C)C)N(C)C(=O)[C@H](CCCCNC(=O)OCc1ccccc1)NC(=O)OC(C)(C)C. The lowest BCUT2D eigenvalue weighted by atomic mass is 9.99. The average Bonchev–Trinajstić information content (AvgIpc) is 2.92. The van der Waals surface area contributed by atoms with E-state index in [1.54, 1.807) is 41.5 Å². The molecule has 1 rings (SSSR count). The van der Waals surface area contributed by atoms with Crippen molar-refractivity contribution in [2.75, 3.05) is 27.7 Å². The van der Waals surface area contributed by atoms with E-state index in [-0.39, 0.29) is 18.9 Å². The van der Waals surface area contributed by atoms with E-state index < -0.39 is 53.7 Å². The molecule has 0 heterocycles. The Hall–Kier alpha value is -3.83. The smallest absolute Gasteiger partial charge is 0.408 e. The lowest BCUT2D eigenvalue weighted by molar-refractivity contribution is -0.155. The molecule has 0 fully saturated rings. The molecule has 3 atom stereocenters. The second kappa shape index (κ2) is 17.2. The highest BCUT2D eigenvalue weighted by molar-refractivity contribution is 5.93. The van der Waals surface area contributed by atoms with Gasteiger partial charge in [-0.3, -0.25) is 9.59 Å². The van der Waals surface area contributed by atoms with Crippen molar-refractivity contribution in [1.29, 1.82) is 0 Å². The third-order valence-corrected chi connectivity index (χ3v) is 6.51. The lowest BCUT2D eigenvalue weighted by Gasteiger charge is -2.36. The zero-order valence-electron chi connectivity index (χ0n) is 26.4. The molecule has 0 bridgehead atoms. The Bertz CT molecular complexity index is 1040. The molecule has 236 valence electrons. The van der Waals surface area contributed by atoms with Gasteiger partial charge in [-0.05, 0) is 58.4 Å². The van der Waals surface area contributed by atoms with Gasteiger partial charge in [-0.1, -0.05) is 44.2 Å². The third kappa shape index (κ3) is 12.4. The minimum atomic E-state index is -0.993. The number of benzene rings is 1. The summed E-state index contributed by atoms with van der Waals surface area (Å²) in [6.07, 6.45) is -0.104. The fourth-order valence-corrected chi connectivity index (χ4v) is 4.15. The van der Waals surface area contributed by atoms with Gasteiger partial charge in [0.2, 0.25) is 11.8 Å². The summed E-state index contributed by atoms with van der Waals surface area (Å²) >= 11 is 0. The minimum Gasteiger partial charge on any atom is -0.467 e. The van der Waals surface area contributed by atoms with E-state index in [2.05, 4.69) is 10.6 Å². The van der Waals surface area contributed by atoms with Gasteiger partial charge in [0, 0.05) is 20.6 Å². The van der Waals surface area contributed by atoms with Gasteiger partial charge in [0.25, 0.3) is 0 Å². The zero-order valence-corrected chi connectivity index (χ0v) is 26.4. The molecule has 4 amide bonds. The molecule has 42 heavy (non-hydrogen) atoms. The van der Waals surface area contributed by atoms with E-state index in [1.165, 1.54) is 31.0 Å². The maximum atomic E-state index is 13.7. The van der Waals surface area contributed by atoms with Crippen LogP contribution < -0.4 is 10.6 Å². The van der Waals surface area contributed by atoms with Gasteiger partial charge >= 0.3 is 18.2 Å². The fourth-order valence-electron chi connectivity index (χ4n) is 4.15. The van der Waals surface area contributed by atoms with Gasteiger partial charge in [0.15, 0.2) is 0 Å². The zero-order chi connectivity index (χ0) is 32.0. The molecular formula is C30H48N4O8. The number of esters is 1. The molecule has 0 radical (unpaired) electrons. The van der Waals surface area contributed by atoms with Gasteiger partial charge < -0.3 is 34.6 Å². The fraction of sp³-hybridized carbons (Fsp3) is 0.633. The molecular weight excluding hydrogens is 544 g/mol. The van der Waals surface area contributed by atoms with Crippen molar-refractivity contribution in [1.82, 2.24) is 20.4 Å². The number of amides is 4. The minimum absolute atomic E-state index is 0.152. The Morgan fingerprint density at radius 3 is 2.05 bits per heavy atom. The number of methoxy groups -OCH3 is 1. The molecule has 1 aromatic rings. The van der Waals surface area contributed by atoms with Crippen molar-refractivity contribution >= 4 is 30.0 Å². The summed E-state index contributed by atoms with van der Waals surface area (Å²) in [6, 6.07) is 6.56. The summed E-state index contributed by atoms with van der Waals surface area (Å²) < 4.78 is 15.3. The number of alkyl carbamates (subject to hydrolysis) is 2. The number of carbonyl (C=O) groups excluding carboxylic acids is 5. The van der Waals surface area contributed by atoms with Gasteiger partial charge in [-0.25, -0.2) is 14.4 Å². The van der Waals surface area contributed by atoms with Crippen LogP contribution in [-0.2, 0) is 35.2 Å². The van der Waals surface area contributed by atoms with E-state index in [1.807, 2.05) is 30.3 Å². The van der Waals surface area contributed by atoms with E-state index in [4.69, 9.17) is 14.2 Å². The normalized spacial score (nSPS) is 13.3. The van der Waals surface area contributed by atoms with Crippen molar-refractivity contribution < 1.29 is 38.2 Å². The van der Waals surface area contributed by atoms with Gasteiger partial charge in [0.05, 0.1) is 7.11 Å². The summed E-state index contributed by atoms with van der Waals surface area (Å²) in [6.45, 7) is 10.7. The number of hydrogen-bond acceptors (Lipinski definition) is 8. The van der Waals surface area contributed by atoms with Gasteiger partial charge in [-0.2, -0.15) is 0 Å². The third-order valence-electron chi connectivity index (χ3n) is 6.51. The molecule has 0 aliphatic rings. The summed E-state index contributed by atoms with van der Waals surface area (Å²) in [4.78, 5) is 66.3. The summed E-state index contributed by atoms with van der Waals surface area (Å²) in [5.74, 6) is -1.80. The number of likely N-dealkylation sites (N-methyl/N-ethyl adjacent to an activating group) is 2. The van der Waals surface area contributed by atoms with Crippen LogP contribution in [0, 0.1) is 5.92 Å². The molecule has 12 nitrogen and oxygen atoms in total. The van der Waals surface area contributed by atoms with Crippen molar-refractivity contribution in [3.63, 3.8) is 0 Å². The lowest BCUT2D eigenvalue weighted by Crippen LogP contribution is -2.58. The maximum absolute atomic E-state index is 13.7. The van der Waals surface area contributed by atoms with E-state index in [9.17, 15) is 24.0 Å². The number of rotatable bonds is 14. The van der Waals surface area contributed by atoms with Crippen LogP contribution in [0.2, 0.25) is 0 Å². The first-order valence-electron chi connectivity index (χ1n) is 14.1. The highest BCUT2D eigenvalue weighted by Crippen LogP contribution is 2.17. The number of hydrogen-bond donors (Lipinski definition) is 2. The van der Waals surface area contributed by atoms with Crippen LogP contribution in [0.5, 0.6) is 0 Å². The summed E-state index contributed by atoms with van der Waals surface area (Å²) in [5, 5.41) is 5.32.